The van der Waals surface area contributed by atoms with Crippen molar-refractivity contribution >= 4 is 31.8 Å². The number of hydrogen-bond donors (Lipinski definition) is 1. The third kappa shape index (κ3) is 3.14. The molecule has 3 heterocycles. The Kier molecular flexibility index (Phi) is 4.69. The Hall–Kier alpha value is -4.02. The van der Waals surface area contributed by atoms with Crippen molar-refractivity contribution in [1.29, 1.82) is 5.26 Å². The molecule has 0 saturated carbocycles. The summed E-state index contributed by atoms with van der Waals surface area (Å²) in [6.45, 7) is 2.22. The van der Waals surface area contributed by atoms with Gasteiger partial charge in [0, 0.05) is 16.5 Å². The molecule has 1 N–H and O–H groups in total. The van der Waals surface area contributed by atoms with Gasteiger partial charge in [0.05, 0.1) is 12.1 Å². The molecule has 0 atom stereocenters. The topological polar surface area (TPSA) is 91.7 Å². The molecule has 0 aliphatic rings. The highest BCUT2D eigenvalue weighted by atomic mass is 32.1. The van der Waals surface area contributed by atoms with Crippen LogP contribution < -0.4 is 10.3 Å². The highest BCUT2D eigenvalue weighted by molar-refractivity contribution is 7.25. The molecule has 150 valence electrons. The Balaban J connectivity index is 1.95. The van der Waals surface area contributed by atoms with Crippen LogP contribution in [-0.2, 0) is 0 Å². The molecule has 5 aromatic rings. The molecule has 0 aliphatic heterocycles. The van der Waals surface area contributed by atoms with Gasteiger partial charge in [0.25, 0.3) is 5.56 Å². The van der Waals surface area contributed by atoms with E-state index in [2.05, 4.69) is 16.0 Å². The summed E-state index contributed by atoms with van der Waals surface area (Å²) in [7, 11) is 0. The SMILES string of the molecule is CCOc1nc2sc3c(=O)[nH]c(-c4ccccc4)nc3c2c(-c2ccccc2)c1C#N. The van der Waals surface area contributed by atoms with Gasteiger partial charge in [-0.05, 0) is 12.5 Å². The number of nitriles is 1. The van der Waals surface area contributed by atoms with E-state index in [1.165, 1.54) is 11.3 Å². The Morgan fingerprint density at radius 2 is 1.71 bits per heavy atom. The monoisotopic (exact) mass is 424 g/mol. The minimum atomic E-state index is -0.234. The van der Waals surface area contributed by atoms with Crippen molar-refractivity contribution in [3.05, 3.63) is 76.6 Å². The predicted molar refractivity (Wildman–Crippen MR) is 122 cm³/mol. The van der Waals surface area contributed by atoms with Gasteiger partial charge in [-0.3, -0.25) is 4.79 Å². The van der Waals surface area contributed by atoms with Crippen molar-refractivity contribution in [1.82, 2.24) is 15.0 Å². The summed E-state index contributed by atoms with van der Waals surface area (Å²) in [5.74, 6) is 0.742. The smallest absolute Gasteiger partial charge is 0.269 e. The van der Waals surface area contributed by atoms with Crippen LogP contribution in [0.1, 0.15) is 12.5 Å². The Bertz CT molecular complexity index is 1520. The van der Waals surface area contributed by atoms with Crippen LogP contribution in [-0.4, -0.2) is 21.6 Å². The van der Waals surface area contributed by atoms with Crippen LogP contribution in [0.5, 0.6) is 5.88 Å². The van der Waals surface area contributed by atoms with Gasteiger partial charge in [0.2, 0.25) is 5.88 Å². The number of hydrogen-bond acceptors (Lipinski definition) is 6. The Morgan fingerprint density at radius 3 is 2.35 bits per heavy atom. The van der Waals surface area contributed by atoms with Gasteiger partial charge in [-0.15, -0.1) is 11.3 Å². The largest absolute Gasteiger partial charge is 0.477 e. The number of aromatic amines is 1. The summed E-state index contributed by atoms with van der Waals surface area (Å²) >= 11 is 1.25. The lowest BCUT2D eigenvalue weighted by molar-refractivity contribution is 0.327. The minimum absolute atomic E-state index is 0.234. The number of ether oxygens (including phenoxy) is 1. The first-order chi connectivity index (χ1) is 15.2. The second-order valence-corrected chi connectivity index (χ2v) is 7.82. The fraction of sp³-hybridized carbons (Fsp3) is 0.0833. The van der Waals surface area contributed by atoms with Gasteiger partial charge in [0.15, 0.2) is 0 Å². The van der Waals surface area contributed by atoms with E-state index in [0.29, 0.717) is 44.0 Å². The Morgan fingerprint density at radius 1 is 1.03 bits per heavy atom. The number of nitrogens with zero attached hydrogens (tertiary/aromatic N) is 3. The molecule has 31 heavy (non-hydrogen) atoms. The number of fused-ring (bicyclic) bond motifs is 3. The number of nitrogens with one attached hydrogen (secondary N) is 1. The van der Waals surface area contributed by atoms with Gasteiger partial charge < -0.3 is 9.72 Å². The van der Waals surface area contributed by atoms with Crippen LogP contribution >= 0.6 is 11.3 Å². The highest BCUT2D eigenvalue weighted by Crippen LogP contribution is 2.42. The quantitative estimate of drug-likeness (QED) is 0.431. The molecule has 0 unspecified atom stereocenters. The van der Waals surface area contributed by atoms with E-state index in [-0.39, 0.29) is 11.4 Å². The zero-order valence-corrected chi connectivity index (χ0v) is 17.4. The van der Waals surface area contributed by atoms with E-state index < -0.39 is 0 Å². The molecular formula is C24H16N4O2S. The van der Waals surface area contributed by atoms with E-state index in [9.17, 15) is 10.1 Å². The summed E-state index contributed by atoms with van der Waals surface area (Å²) in [6.07, 6.45) is 0. The second kappa shape index (κ2) is 7.67. The summed E-state index contributed by atoms with van der Waals surface area (Å²) in [6, 6.07) is 21.3. The maximum absolute atomic E-state index is 12.9. The molecule has 3 aromatic heterocycles. The molecular weight excluding hydrogens is 408 g/mol. The molecule has 7 heteroatoms. The molecule has 0 saturated heterocycles. The first-order valence-electron chi connectivity index (χ1n) is 9.75. The van der Waals surface area contributed by atoms with Crippen molar-refractivity contribution in [2.24, 2.45) is 0 Å². The lowest BCUT2D eigenvalue weighted by atomic mass is 9.98. The summed E-state index contributed by atoms with van der Waals surface area (Å²) < 4.78 is 6.15. The first-order valence-corrected chi connectivity index (χ1v) is 10.6. The summed E-state index contributed by atoms with van der Waals surface area (Å²) in [5, 5.41) is 10.7. The first kappa shape index (κ1) is 19.0. The van der Waals surface area contributed by atoms with Crippen molar-refractivity contribution in [3.8, 4) is 34.5 Å². The fourth-order valence-electron chi connectivity index (χ4n) is 3.63. The van der Waals surface area contributed by atoms with Crippen LogP contribution in [0.4, 0.5) is 0 Å². The van der Waals surface area contributed by atoms with E-state index >= 15 is 0 Å². The van der Waals surface area contributed by atoms with Gasteiger partial charge in [-0.2, -0.15) is 5.26 Å². The van der Waals surface area contributed by atoms with Crippen molar-refractivity contribution in [2.45, 2.75) is 6.92 Å². The molecule has 5 rings (SSSR count). The molecule has 0 bridgehead atoms. The average molecular weight is 424 g/mol. The minimum Gasteiger partial charge on any atom is -0.477 e. The molecule has 0 radical (unpaired) electrons. The number of rotatable bonds is 4. The van der Waals surface area contributed by atoms with E-state index in [1.54, 1.807) is 0 Å². The molecule has 0 amide bonds. The zero-order chi connectivity index (χ0) is 21.4. The summed E-state index contributed by atoms with van der Waals surface area (Å²) in [5.41, 5.74) is 2.97. The maximum atomic E-state index is 12.9. The van der Waals surface area contributed by atoms with Gasteiger partial charge in [0.1, 0.15) is 27.0 Å². The normalized spacial score (nSPS) is 11.0. The third-order valence-electron chi connectivity index (χ3n) is 4.95. The molecule has 6 nitrogen and oxygen atoms in total. The lowest BCUT2D eigenvalue weighted by Crippen LogP contribution is -2.07. The number of aromatic nitrogens is 3. The van der Waals surface area contributed by atoms with Crippen molar-refractivity contribution in [2.75, 3.05) is 6.61 Å². The number of H-pyrrole nitrogens is 1. The van der Waals surface area contributed by atoms with Crippen LogP contribution in [0.2, 0.25) is 0 Å². The lowest BCUT2D eigenvalue weighted by Gasteiger charge is -2.11. The maximum Gasteiger partial charge on any atom is 0.269 e. The third-order valence-corrected chi connectivity index (χ3v) is 6.02. The number of benzene rings is 2. The van der Waals surface area contributed by atoms with Crippen LogP contribution in [0.3, 0.4) is 0 Å². The van der Waals surface area contributed by atoms with E-state index in [1.807, 2.05) is 67.6 Å². The molecule has 0 aliphatic carbocycles. The highest BCUT2D eigenvalue weighted by Gasteiger charge is 2.23. The van der Waals surface area contributed by atoms with Gasteiger partial charge >= 0.3 is 0 Å². The van der Waals surface area contributed by atoms with Crippen molar-refractivity contribution < 1.29 is 4.74 Å². The van der Waals surface area contributed by atoms with Crippen LogP contribution in [0.15, 0.2) is 65.5 Å². The average Bonchev–Trinajstić information content (AvgIpc) is 3.18. The molecule has 2 aromatic carbocycles. The Labute approximate surface area is 181 Å². The van der Waals surface area contributed by atoms with Crippen molar-refractivity contribution in [3.63, 3.8) is 0 Å². The van der Waals surface area contributed by atoms with Crippen LogP contribution in [0, 0.1) is 11.3 Å². The van der Waals surface area contributed by atoms with E-state index in [4.69, 9.17) is 9.72 Å². The van der Waals surface area contributed by atoms with Gasteiger partial charge in [-0.25, -0.2) is 9.97 Å². The standard InChI is InChI=1S/C24H16N4O2S/c1-2-30-23-16(13-25)17(14-9-5-3-6-10-14)18-19-20(31-24(18)28-23)22(29)27-21(26-19)15-11-7-4-8-12-15/h3-12H,2H2,1H3,(H,26,27,29). The molecule has 0 fully saturated rings. The zero-order valence-electron chi connectivity index (χ0n) is 16.5. The predicted octanol–water partition coefficient (Wildman–Crippen LogP) is 5.14. The van der Waals surface area contributed by atoms with Crippen LogP contribution in [0.25, 0.3) is 42.9 Å². The van der Waals surface area contributed by atoms with Gasteiger partial charge in [-0.1, -0.05) is 60.7 Å². The number of thiophene rings is 1. The summed E-state index contributed by atoms with van der Waals surface area (Å²) in [4.78, 5) is 25.8. The number of pyridine rings is 1. The molecule has 0 spiro atoms. The fourth-order valence-corrected chi connectivity index (χ4v) is 4.64. The van der Waals surface area contributed by atoms with E-state index in [0.717, 1.165) is 11.1 Å². The second-order valence-electron chi connectivity index (χ2n) is 6.82.